The third-order valence-corrected chi connectivity index (χ3v) is 4.36. The van der Waals surface area contributed by atoms with Gasteiger partial charge in [-0.1, -0.05) is 22.0 Å². The van der Waals surface area contributed by atoms with Gasteiger partial charge in [-0.05, 0) is 45.9 Å². The van der Waals surface area contributed by atoms with Crippen LogP contribution >= 0.6 is 15.9 Å². The van der Waals surface area contributed by atoms with Crippen LogP contribution in [0.15, 0.2) is 24.3 Å². The van der Waals surface area contributed by atoms with Crippen LogP contribution < -0.4 is 4.74 Å². The SMILES string of the molecule is CC(C)Oc1cccc(C(=O)N(C)C(C)(C)CBr)c1. The Balaban J connectivity index is 2.94. The molecule has 0 spiro atoms. The van der Waals surface area contributed by atoms with Crippen LogP contribution in [0.5, 0.6) is 5.75 Å². The van der Waals surface area contributed by atoms with E-state index in [0.717, 1.165) is 11.1 Å². The zero-order valence-electron chi connectivity index (χ0n) is 12.2. The highest BCUT2D eigenvalue weighted by Gasteiger charge is 2.27. The van der Waals surface area contributed by atoms with Gasteiger partial charge in [0.1, 0.15) is 5.75 Å². The van der Waals surface area contributed by atoms with Crippen LogP contribution in [-0.2, 0) is 0 Å². The zero-order chi connectivity index (χ0) is 14.6. The summed E-state index contributed by atoms with van der Waals surface area (Å²) in [5, 5.41) is 0.727. The fourth-order valence-corrected chi connectivity index (χ4v) is 1.91. The summed E-state index contributed by atoms with van der Waals surface area (Å²) in [7, 11) is 1.82. The molecule has 1 amide bonds. The van der Waals surface area contributed by atoms with Gasteiger partial charge in [0.2, 0.25) is 0 Å². The molecule has 0 atom stereocenters. The minimum Gasteiger partial charge on any atom is -0.491 e. The van der Waals surface area contributed by atoms with Crippen molar-refractivity contribution in [3.63, 3.8) is 0 Å². The van der Waals surface area contributed by atoms with E-state index in [4.69, 9.17) is 4.74 Å². The van der Waals surface area contributed by atoms with Crippen molar-refractivity contribution >= 4 is 21.8 Å². The maximum Gasteiger partial charge on any atom is 0.254 e. The molecule has 0 unspecified atom stereocenters. The van der Waals surface area contributed by atoms with Gasteiger partial charge in [-0.15, -0.1) is 0 Å². The average molecular weight is 328 g/mol. The van der Waals surface area contributed by atoms with Gasteiger partial charge in [0.25, 0.3) is 5.91 Å². The maximum absolute atomic E-state index is 12.4. The van der Waals surface area contributed by atoms with Crippen LogP contribution in [0, 0.1) is 0 Å². The van der Waals surface area contributed by atoms with Gasteiger partial charge in [-0.2, -0.15) is 0 Å². The Morgan fingerprint density at radius 3 is 2.58 bits per heavy atom. The molecule has 0 radical (unpaired) electrons. The molecule has 1 rings (SSSR count). The lowest BCUT2D eigenvalue weighted by molar-refractivity contribution is 0.0663. The number of amides is 1. The summed E-state index contributed by atoms with van der Waals surface area (Å²) in [6.07, 6.45) is 0.0991. The molecule has 0 aliphatic heterocycles. The van der Waals surface area contributed by atoms with Crippen LogP contribution in [0.2, 0.25) is 0 Å². The molecule has 106 valence electrons. The van der Waals surface area contributed by atoms with Crippen molar-refractivity contribution in [2.45, 2.75) is 39.3 Å². The Bertz CT molecular complexity index is 444. The second kappa shape index (κ2) is 6.42. The van der Waals surface area contributed by atoms with Crippen molar-refractivity contribution in [2.24, 2.45) is 0 Å². The Morgan fingerprint density at radius 2 is 2.05 bits per heavy atom. The monoisotopic (exact) mass is 327 g/mol. The third kappa shape index (κ3) is 4.23. The lowest BCUT2D eigenvalue weighted by atomic mass is 10.0. The van der Waals surface area contributed by atoms with E-state index in [-0.39, 0.29) is 17.6 Å². The molecule has 0 bridgehead atoms. The first kappa shape index (κ1) is 16.0. The fourth-order valence-electron chi connectivity index (χ4n) is 1.53. The van der Waals surface area contributed by atoms with E-state index >= 15 is 0 Å². The number of alkyl halides is 1. The molecule has 0 aromatic heterocycles. The summed E-state index contributed by atoms with van der Waals surface area (Å²) in [4.78, 5) is 14.2. The van der Waals surface area contributed by atoms with Crippen molar-refractivity contribution in [3.05, 3.63) is 29.8 Å². The highest BCUT2D eigenvalue weighted by molar-refractivity contribution is 9.09. The number of carbonyl (C=O) groups is 1. The molecule has 3 nitrogen and oxygen atoms in total. The van der Waals surface area contributed by atoms with Gasteiger partial charge in [0.15, 0.2) is 0 Å². The number of halogens is 1. The normalized spacial score (nSPS) is 11.5. The number of benzene rings is 1. The average Bonchev–Trinajstić information content (AvgIpc) is 2.36. The number of nitrogens with zero attached hydrogens (tertiary/aromatic N) is 1. The van der Waals surface area contributed by atoms with Gasteiger partial charge in [0, 0.05) is 23.5 Å². The molecule has 0 saturated carbocycles. The number of rotatable bonds is 5. The van der Waals surface area contributed by atoms with Gasteiger partial charge >= 0.3 is 0 Å². The quantitative estimate of drug-likeness (QED) is 0.771. The predicted molar refractivity (Wildman–Crippen MR) is 82.2 cm³/mol. The van der Waals surface area contributed by atoms with Crippen LogP contribution in [0.4, 0.5) is 0 Å². The van der Waals surface area contributed by atoms with E-state index in [0.29, 0.717) is 5.56 Å². The molecular weight excluding hydrogens is 306 g/mol. The molecular formula is C15H22BrNO2. The van der Waals surface area contributed by atoms with Crippen LogP contribution in [0.1, 0.15) is 38.1 Å². The molecule has 0 heterocycles. The lowest BCUT2D eigenvalue weighted by Gasteiger charge is -2.34. The molecule has 19 heavy (non-hydrogen) atoms. The van der Waals surface area contributed by atoms with E-state index in [1.807, 2.05) is 52.9 Å². The zero-order valence-corrected chi connectivity index (χ0v) is 13.8. The fraction of sp³-hybridized carbons (Fsp3) is 0.533. The maximum atomic E-state index is 12.4. The predicted octanol–water partition coefficient (Wildman–Crippen LogP) is 3.72. The van der Waals surface area contributed by atoms with Gasteiger partial charge in [-0.3, -0.25) is 4.79 Å². The summed E-state index contributed by atoms with van der Waals surface area (Å²) in [6.45, 7) is 7.98. The van der Waals surface area contributed by atoms with Crippen molar-refractivity contribution in [1.82, 2.24) is 4.90 Å². The Hall–Kier alpha value is -1.03. The molecule has 4 heteroatoms. The van der Waals surface area contributed by atoms with Crippen molar-refractivity contribution in [1.29, 1.82) is 0 Å². The minimum atomic E-state index is -0.230. The second-order valence-electron chi connectivity index (χ2n) is 5.50. The standard InChI is InChI=1S/C15H22BrNO2/c1-11(2)19-13-8-6-7-12(9-13)14(18)17(5)15(3,4)10-16/h6-9,11H,10H2,1-5H3. The van der Waals surface area contributed by atoms with Crippen molar-refractivity contribution in [2.75, 3.05) is 12.4 Å². The van der Waals surface area contributed by atoms with Gasteiger partial charge in [0.05, 0.1) is 6.10 Å². The van der Waals surface area contributed by atoms with Gasteiger partial charge in [-0.25, -0.2) is 0 Å². The third-order valence-electron chi connectivity index (χ3n) is 2.99. The first-order valence-electron chi connectivity index (χ1n) is 6.39. The van der Waals surface area contributed by atoms with E-state index < -0.39 is 0 Å². The molecule has 0 fully saturated rings. The number of hydrogen-bond donors (Lipinski definition) is 0. The summed E-state index contributed by atoms with van der Waals surface area (Å²) >= 11 is 3.44. The highest BCUT2D eigenvalue weighted by Crippen LogP contribution is 2.21. The van der Waals surface area contributed by atoms with Crippen molar-refractivity contribution in [3.8, 4) is 5.75 Å². The summed E-state index contributed by atoms with van der Waals surface area (Å²) in [5.74, 6) is 0.726. The molecule has 1 aromatic rings. The van der Waals surface area contributed by atoms with E-state index in [1.54, 1.807) is 11.0 Å². The van der Waals surface area contributed by atoms with E-state index in [2.05, 4.69) is 15.9 Å². The first-order chi connectivity index (χ1) is 8.77. The smallest absolute Gasteiger partial charge is 0.254 e. The summed E-state index contributed by atoms with van der Waals surface area (Å²) in [5.41, 5.74) is 0.418. The summed E-state index contributed by atoms with van der Waals surface area (Å²) in [6, 6.07) is 7.33. The van der Waals surface area contributed by atoms with Crippen molar-refractivity contribution < 1.29 is 9.53 Å². The van der Waals surface area contributed by atoms with Crippen LogP contribution in [-0.4, -0.2) is 34.8 Å². The van der Waals surface area contributed by atoms with E-state index in [9.17, 15) is 4.79 Å². The van der Waals surface area contributed by atoms with Gasteiger partial charge < -0.3 is 9.64 Å². The minimum absolute atomic E-state index is 0.00124. The Morgan fingerprint density at radius 1 is 1.42 bits per heavy atom. The molecule has 0 saturated heterocycles. The number of carbonyl (C=O) groups excluding carboxylic acids is 1. The number of hydrogen-bond acceptors (Lipinski definition) is 2. The topological polar surface area (TPSA) is 29.5 Å². The summed E-state index contributed by atoms with van der Waals surface area (Å²) < 4.78 is 5.62. The molecule has 0 aliphatic rings. The largest absolute Gasteiger partial charge is 0.491 e. The first-order valence-corrected chi connectivity index (χ1v) is 7.51. The van der Waals surface area contributed by atoms with Crippen LogP contribution in [0.3, 0.4) is 0 Å². The molecule has 0 aliphatic carbocycles. The molecule has 0 N–H and O–H groups in total. The molecule has 1 aromatic carbocycles. The lowest BCUT2D eigenvalue weighted by Crippen LogP contribution is -2.46. The number of ether oxygens (including phenoxy) is 1. The Kier molecular flexibility index (Phi) is 5.41. The second-order valence-corrected chi connectivity index (χ2v) is 6.07. The van der Waals surface area contributed by atoms with Crippen LogP contribution in [0.25, 0.3) is 0 Å². The highest BCUT2D eigenvalue weighted by atomic mass is 79.9. The Labute approximate surface area is 124 Å². The van der Waals surface area contributed by atoms with E-state index in [1.165, 1.54) is 0 Å².